The predicted octanol–water partition coefficient (Wildman–Crippen LogP) is 3.15. The second kappa shape index (κ2) is 3.91. The van der Waals surface area contributed by atoms with E-state index >= 15 is 0 Å². The molecule has 1 fully saturated rings. The Morgan fingerprint density at radius 3 is 2.36 bits per heavy atom. The maximum Gasteiger partial charge on any atom is 0.122 e. The fraction of sp³-hybridized carbons (Fsp3) is 0.500. The van der Waals surface area contributed by atoms with Crippen molar-refractivity contribution in [3.8, 4) is 11.5 Å². The number of benzene rings is 1. The van der Waals surface area contributed by atoms with Crippen molar-refractivity contribution in [2.75, 3.05) is 0 Å². The van der Waals surface area contributed by atoms with Crippen molar-refractivity contribution in [3.63, 3.8) is 0 Å². The molecule has 0 heterocycles. The third kappa shape index (κ3) is 1.84. The van der Waals surface area contributed by atoms with Gasteiger partial charge in [0.1, 0.15) is 11.5 Å². The second-order valence-electron chi connectivity index (χ2n) is 4.08. The normalized spacial score (nSPS) is 18.3. The van der Waals surface area contributed by atoms with E-state index < -0.39 is 0 Å². The number of rotatable bonds is 1. The van der Waals surface area contributed by atoms with Gasteiger partial charge in [-0.2, -0.15) is 0 Å². The highest BCUT2D eigenvalue weighted by atomic mass is 16.3. The first kappa shape index (κ1) is 9.38. The number of aromatic hydroxyl groups is 2. The summed E-state index contributed by atoms with van der Waals surface area (Å²) in [4.78, 5) is 0. The minimum Gasteiger partial charge on any atom is -0.508 e. The Labute approximate surface area is 84.2 Å². The van der Waals surface area contributed by atoms with Gasteiger partial charge in [0.15, 0.2) is 0 Å². The van der Waals surface area contributed by atoms with E-state index in [1.54, 1.807) is 6.07 Å². The van der Waals surface area contributed by atoms with Crippen LogP contribution in [0.3, 0.4) is 0 Å². The molecule has 1 aliphatic rings. The fourth-order valence-corrected chi connectivity index (χ4v) is 2.29. The molecular formula is C12H16O2. The molecular weight excluding hydrogens is 176 g/mol. The zero-order chi connectivity index (χ0) is 9.97. The highest BCUT2D eigenvalue weighted by molar-refractivity contribution is 5.41. The topological polar surface area (TPSA) is 40.5 Å². The smallest absolute Gasteiger partial charge is 0.122 e. The first-order valence-corrected chi connectivity index (χ1v) is 5.29. The standard InChI is InChI=1S/C12H16O2/c13-10-6-7-11(12(14)8-10)9-4-2-1-3-5-9/h6-9,13-14H,1-5H2. The van der Waals surface area contributed by atoms with E-state index in [4.69, 9.17) is 0 Å². The van der Waals surface area contributed by atoms with E-state index in [1.165, 1.54) is 38.2 Å². The molecule has 0 aromatic heterocycles. The maximum absolute atomic E-state index is 9.68. The lowest BCUT2D eigenvalue weighted by Gasteiger charge is -2.22. The lowest BCUT2D eigenvalue weighted by Crippen LogP contribution is -2.04. The molecule has 2 heteroatoms. The van der Waals surface area contributed by atoms with Crippen molar-refractivity contribution in [2.45, 2.75) is 38.0 Å². The van der Waals surface area contributed by atoms with Crippen LogP contribution in [0.5, 0.6) is 11.5 Å². The zero-order valence-corrected chi connectivity index (χ0v) is 8.24. The average Bonchev–Trinajstić information content (AvgIpc) is 2.19. The van der Waals surface area contributed by atoms with Gasteiger partial charge >= 0.3 is 0 Å². The number of phenols is 2. The molecule has 2 N–H and O–H groups in total. The summed E-state index contributed by atoms with van der Waals surface area (Å²) in [6.07, 6.45) is 6.15. The SMILES string of the molecule is Oc1ccc(C2CCCCC2)c(O)c1. The summed E-state index contributed by atoms with van der Waals surface area (Å²) in [5.74, 6) is 0.878. The van der Waals surface area contributed by atoms with Gasteiger partial charge in [0.05, 0.1) is 0 Å². The summed E-state index contributed by atoms with van der Waals surface area (Å²) >= 11 is 0. The van der Waals surface area contributed by atoms with Gasteiger partial charge in [-0.15, -0.1) is 0 Å². The van der Waals surface area contributed by atoms with Crippen LogP contribution in [0.4, 0.5) is 0 Å². The predicted molar refractivity (Wildman–Crippen MR) is 55.6 cm³/mol. The molecule has 14 heavy (non-hydrogen) atoms. The molecule has 0 amide bonds. The van der Waals surface area contributed by atoms with Crippen molar-refractivity contribution < 1.29 is 10.2 Å². The Kier molecular flexibility index (Phi) is 2.62. The Morgan fingerprint density at radius 2 is 1.71 bits per heavy atom. The van der Waals surface area contributed by atoms with Gasteiger partial charge in [-0.1, -0.05) is 25.3 Å². The van der Waals surface area contributed by atoms with E-state index in [1.807, 2.05) is 6.07 Å². The summed E-state index contributed by atoms with van der Waals surface area (Å²) < 4.78 is 0. The van der Waals surface area contributed by atoms with Crippen LogP contribution >= 0.6 is 0 Å². The van der Waals surface area contributed by atoms with E-state index in [9.17, 15) is 10.2 Å². The molecule has 1 aromatic rings. The molecule has 0 aliphatic heterocycles. The Hall–Kier alpha value is -1.18. The molecule has 0 unspecified atom stereocenters. The Bertz CT molecular complexity index is 314. The summed E-state index contributed by atoms with van der Waals surface area (Å²) in [5, 5.41) is 18.9. The zero-order valence-electron chi connectivity index (χ0n) is 8.24. The Morgan fingerprint density at radius 1 is 1.00 bits per heavy atom. The monoisotopic (exact) mass is 192 g/mol. The molecule has 0 atom stereocenters. The summed E-state index contributed by atoms with van der Waals surface area (Å²) in [6, 6.07) is 4.94. The van der Waals surface area contributed by atoms with Crippen molar-refractivity contribution in [3.05, 3.63) is 23.8 Å². The molecule has 1 aliphatic carbocycles. The van der Waals surface area contributed by atoms with Gasteiger partial charge in [-0.3, -0.25) is 0 Å². The summed E-state index contributed by atoms with van der Waals surface area (Å²) in [5.41, 5.74) is 1.00. The quantitative estimate of drug-likeness (QED) is 0.717. The minimum absolute atomic E-state index is 0.141. The lowest BCUT2D eigenvalue weighted by atomic mass is 9.84. The van der Waals surface area contributed by atoms with Crippen LogP contribution in [0, 0.1) is 0 Å². The highest BCUT2D eigenvalue weighted by Gasteiger charge is 2.18. The van der Waals surface area contributed by atoms with Gasteiger partial charge in [0.25, 0.3) is 0 Å². The molecule has 0 radical (unpaired) electrons. The van der Waals surface area contributed by atoms with Crippen LogP contribution in [-0.2, 0) is 0 Å². The maximum atomic E-state index is 9.68. The molecule has 1 saturated carbocycles. The largest absolute Gasteiger partial charge is 0.508 e. The molecule has 0 spiro atoms. The van der Waals surface area contributed by atoms with Crippen LogP contribution in [-0.4, -0.2) is 10.2 Å². The van der Waals surface area contributed by atoms with E-state index in [0.717, 1.165) is 5.56 Å². The third-order valence-electron chi connectivity index (χ3n) is 3.06. The summed E-state index contributed by atoms with van der Waals surface area (Å²) in [6.45, 7) is 0. The van der Waals surface area contributed by atoms with Crippen LogP contribution in [0.1, 0.15) is 43.6 Å². The highest BCUT2D eigenvalue weighted by Crippen LogP contribution is 2.38. The molecule has 0 bridgehead atoms. The van der Waals surface area contributed by atoms with Crippen LogP contribution in [0.2, 0.25) is 0 Å². The van der Waals surface area contributed by atoms with Gasteiger partial charge < -0.3 is 10.2 Å². The van der Waals surface area contributed by atoms with Gasteiger partial charge in [-0.05, 0) is 30.4 Å². The van der Waals surface area contributed by atoms with E-state index in [2.05, 4.69) is 0 Å². The molecule has 1 aromatic carbocycles. The molecule has 76 valence electrons. The molecule has 2 rings (SSSR count). The lowest BCUT2D eigenvalue weighted by molar-refractivity contribution is 0.409. The number of hydrogen-bond donors (Lipinski definition) is 2. The van der Waals surface area contributed by atoms with E-state index in [0.29, 0.717) is 5.92 Å². The molecule has 2 nitrogen and oxygen atoms in total. The van der Waals surface area contributed by atoms with Crippen molar-refractivity contribution >= 4 is 0 Å². The number of hydrogen-bond acceptors (Lipinski definition) is 2. The summed E-state index contributed by atoms with van der Waals surface area (Å²) in [7, 11) is 0. The first-order valence-electron chi connectivity index (χ1n) is 5.29. The van der Waals surface area contributed by atoms with Crippen molar-refractivity contribution in [1.29, 1.82) is 0 Å². The fourth-order valence-electron chi connectivity index (χ4n) is 2.29. The Balaban J connectivity index is 2.22. The van der Waals surface area contributed by atoms with Crippen molar-refractivity contribution in [2.24, 2.45) is 0 Å². The number of phenolic OH excluding ortho intramolecular Hbond substituents is 2. The molecule has 0 saturated heterocycles. The van der Waals surface area contributed by atoms with Gasteiger partial charge in [0.2, 0.25) is 0 Å². The van der Waals surface area contributed by atoms with Gasteiger partial charge in [-0.25, -0.2) is 0 Å². The van der Waals surface area contributed by atoms with Crippen LogP contribution in [0.15, 0.2) is 18.2 Å². The van der Waals surface area contributed by atoms with Gasteiger partial charge in [0, 0.05) is 6.07 Å². The van der Waals surface area contributed by atoms with Crippen LogP contribution in [0.25, 0.3) is 0 Å². The van der Waals surface area contributed by atoms with E-state index in [-0.39, 0.29) is 11.5 Å². The van der Waals surface area contributed by atoms with Crippen molar-refractivity contribution in [1.82, 2.24) is 0 Å². The van der Waals surface area contributed by atoms with Crippen LogP contribution < -0.4 is 0 Å². The average molecular weight is 192 g/mol. The third-order valence-corrected chi connectivity index (χ3v) is 3.06. The first-order chi connectivity index (χ1) is 6.77. The second-order valence-corrected chi connectivity index (χ2v) is 4.08. The minimum atomic E-state index is 0.141.